The molecule has 1 aliphatic rings. The van der Waals surface area contributed by atoms with E-state index in [1.165, 1.54) is 244 Å². The summed E-state index contributed by atoms with van der Waals surface area (Å²) in [6.07, 6.45) is 63.7. The SMILES string of the molecule is CCCCCCCCCCCCCC/C=C/CC/C=C/CC/C=C/CCCC(O)C(O)C(COC1OC(CO)C(O)C(O)C1O)NC(=O)C(O)CCCCCCCCCCCCCCCCCCCCCCCCCCCCCCC. The molecule has 1 saturated heterocycles. The minimum atomic E-state index is -1.67. The largest absolute Gasteiger partial charge is 0.394 e. The lowest BCUT2D eigenvalue weighted by Crippen LogP contribution is -2.60. The van der Waals surface area contributed by atoms with Crippen LogP contribution in [0.4, 0.5) is 0 Å². The lowest BCUT2D eigenvalue weighted by atomic mass is 9.98. The maximum Gasteiger partial charge on any atom is 0.249 e. The van der Waals surface area contributed by atoms with E-state index in [0.717, 1.165) is 44.9 Å². The molecule has 1 aliphatic heterocycles. The molecule has 0 radical (unpaired) electrons. The number of hydrogen-bond donors (Lipinski definition) is 8. The van der Waals surface area contributed by atoms with E-state index in [0.29, 0.717) is 19.3 Å². The van der Waals surface area contributed by atoms with Crippen LogP contribution in [0.5, 0.6) is 0 Å². The summed E-state index contributed by atoms with van der Waals surface area (Å²) < 4.78 is 11.2. The summed E-state index contributed by atoms with van der Waals surface area (Å²) in [6, 6.07) is -1.19. The number of aliphatic hydroxyl groups excluding tert-OH is 7. The molecule has 0 aromatic heterocycles. The van der Waals surface area contributed by atoms with E-state index in [2.05, 4.69) is 55.6 Å². The van der Waals surface area contributed by atoms with Crippen LogP contribution in [-0.2, 0) is 14.3 Å². The normalized spacial score (nSPS) is 19.3. The van der Waals surface area contributed by atoms with Crippen molar-refractivity contribution in [3.63, 3.8) is 0 Å². The third-order valence-electron chi connectivity index (χ3n) is 16.9. The fraction of sp³-hybridized carbons (Fsp3) is 0.900. The van der Waals surface area contributed by atoms with Crippen LogP contribution in [0, 0.1) is 0 Å². The van der Waals surface area contributed by atoms with Crippen molar-refractivity contribution in [2.75, 3.05) is 13.2 Å². The summed E-state index contributed by atoms with van der Waals surface area (Å²) >= 11 is 0. The van der Waals surface area contributed by atoms with Crippen molar-refractivity contribution in [3.8, 4) is 0 Å². The highest BCUT2D eigenvalue weighted by Gasteiger charge is 2.44. The Morgan fingerprint density at radius 3 is 1.10 bits per heavy atom. The second-order valence-electron chi connectivity index (χ2n) is 24.6. The van der Waals surface area contributed by atoms with Crippen LogP contribution < -0.4 is 5.32 Å². The number of allylic oxidation sites excluding steroid dienone is 6. The third kappa shape index (κ3) is 46.3. The zero-order valence-corrected chi connectivity index (χ0v) is 52.8. The van der Waals surface area contributed by atoms with Gasteiger partial charge in [0.1, 0.15) is 36.6 Å². The Hall–Kier alpha value is -1.67. The molecule has 8 N–H and O–H groups in total. The van der Waals surface area contributed by atoms with Gasteiger partial charge in [0.15, 0.2) is 6.29 Å². The Bertz CT molecular complexity index is 1410. The van der Waals surface area contributed by atoms with Gasteiger partial charge in [-0.05, 0) is 64.2 Å². The number of aliphatic hydroxyl groups is 7. The zero-order chi connectivity index (χ0) is 58.9. The topological polar surface area (TPSA) is 189 Å². The van der Waals surface area contributed by atoms with Crippen molar-refractivity contribution in [3.05, 3.63) is 36.5 Å². The highest BCUT2D eigenvalue weighted by atomic mass is 16.7. The Balaban J connectivity index is 2.23. The van der Waals surface area contributed by atoms with E-state index in [-0.39, 0.29) is 12.8 Å². The van der Waals surface area contributed by atoms with Gasteiger partial charge in [-0.3, -0.25) is 4.79 Å². The van der Waals surface area contributed by atoms with Gasteiger partial charge in [-0.25, -0.2) is 0 Å². The van der Waals surface area contributed by atoms with Gasteiger partial charge < -0.3 is 50.5 Å². The number of carbonyl (C=O) groups excluding carboxylic acids is 1. The van der Waals surface area contributed by atoms with Crippen molar-refractivity contribution in [2.24, 2.45) is 0 Å². The minimum absolute atomic E-state index is 0.243. The Morgan fingerprint density at radius 1 is 0.420 bits per heavy atom. The van der Waals surface area contributed by atoms with Crippen molar-refractivity contribution < 1.29 is 50.0 Å². The smallest absolute Gasteiger partial charge is 0.249 e. The number of nitrogens with one attached hydrogen (secondary N) is 1. The molecule has 1 amide bonds. The number of ether oxygens (including phenoxy) is 2. The van der Waals surface area contributed by atoms with Crippen molar-refractivity contribution in [1.82, 2.24) is 5.32 Å². The fourth-order valence-electron chi connectivity index (χ4n) is 11.3. The molecule has 1 rings (SSSR count). The first-order chi connectivity index (χ1) is 39.7. The van der Waals surface area contributed by atoms with E-state index in [4.69, 9.17) is 9.47 Å². The summed E-state index contributed by atoms with van der Waals surface area (Å²) in [5.74, 6) is -0.706. The van der Waals surface area contributed by atoms with E-state index < -0.39 is 74.2 Å². The number of hydrogen-bond acceptors (Lipinski definition) is 10. The summed E-state index contributed by atoms with van der Waals surface area (Å²) in [4.78, 5) is 13.2. The van der Waals surface area contributed by atoms with Gasteiger partial charge in [0.05, 0.1) is 25.4 Å². The van der Waals surface area contributed by atoms with Crippen LogP contribution in [0.2, 0.25) is 0 Å². The molecule has 478 valence electrons. The molecule has 9 atom stereocenters. The maximum absolute atomic E-state index is 13.2. The summed E-state index contributed by atoms with van der Waals surface area (Å²) in [5.41, 5.74) is 0. The highest BCUT2D eigenvalue weighted by molar-refractivity contribution is 5.80. The van der Waals surface area contributed by atoms with Crippen LogP contribution in [-0.4, -0.2) is 110 Å². The van der Waals surface area contributed by atoms with Crippen LogP contribution in [0.15, 0.2) is 36.5 Å². The number of unbranched alkanes of at least 4 members (excludes halogenated alkanes) is 43. The standard InChI is InChI=1S/C70H133NO10/c1-3-5-7-9-11-13-15-17-19-21-23-25-27-29-30-31-32-34-36-38-40-42-44-46-48-50-52-54-56-58-63(74)69(79)71-61(60-80-70-68(78)67(77)66(76)64(59-72)81-70)65(75)62(73)57-55-53-51-49-47-45-43-41-39-37-35-33-28-26-24-22-20-18-16-14-12-10-8-6-4-2/h33,35,41,43,49,51,61-68,70,72-78H,3-32,34,36-40,42,44-48,50,52-60H2,1-2H3,(H,71,79)/b35-33+,43-41+,51-49+. The molecular weight excluding hydrogens is 1010 g/mol. The molecule has 0 saturated carbocycles. The predicted molar refractivity (Wildman–Crippen MR) is 339 cm³/mol. The van der Waals surface area contributed by atoms with Crippen molar-refractivity contribution in [1.29, 1.82) is 0 Å². The molecule has 0 bridgehead atoms. The van der Waals surface area contributed by atoms with Gasteiger partial charge in [0, 0.05) is 0 Å². The summed E-state index contributed by atoms with van der Waals surface area (Å²) in [7, 11) is 0. The van der Waals surface area contributed by atoms with E-state index in [1.54, 1.807) is 0 Å². The van der Waals surface area contributed by atoms with Gasteiger partial charge in [0.2, 0.25) is 5.91 Å². The van der Waals surface area contributed by atoms with E-state index in [1.807, 2.05) is 0 Å². The van der Waals surface area contributed by atoms with E-state index in [9.17, 15) is 40.5 Å². The average Bonchev–Trinajstić information content (AvgIpc) is 3.49. The zero-order valence-electron chi connectivity index (χ0n) is 52.8. The molecular formula is C70H133NO10. The molecule has 11 nitrogen and oxygen atoms in total. The van der Waals surface area contributed by atoms with Gasteiger partial charge in [-0.2, -0.15) is 0 Å². The van der Waals surface area contributed by atoms with Crippen LogP contribution in [0.3, 0.4) is 0 Å². The average molecular weight is 1150 g/mol. The quantitative estimate of drug-likeness (QED) is 0.0215. The van der Waals surface area contributed by atoms with E-state index >= 15 is 0 Å². The lowest BCUT2D eigenvalue weighted by Gasteiger charge is -2.40. The molecule has 11 heteroatoms. The van der Waals surface area contributed by atoms with Crippen molar-refractivity contribution in [2.45, 2.75) is 390 Å². The third-order valence-corrected chi connectivity index (χ3v) is 16.9. The van der Waals surface area contributed by atoms with Crippen LogP contribution in [0.25, 0.3) is 0 Å². The number of rotatable bonds is 61. The van der Waals surface area contributed by atoms with Crippen LogP contribution in [0.1, 0.15) is 335 Å². The Labute approximate surface area is 498 Å². The predicted octanol–water partition coefficient (Wildman–Crippen LogP) is 16.6. The van der Waals surface area contributed by atoms with Crippen LogP contribution >= 0.6 is 0 Å². The maximum atomic E-state index is 13.2. The minimum Gasteiger partial charge on any atom is -0.394 e. The first kappa shape index (κ1) is 77.3. The summed E-state index contributed by atoms with van der Waals surface area (Å²) in [5, 5.41) is 76.4. The van der Waals surface area contributed by atoms with Gasteiger partial charge in [-0.1, -0.05) is 307 Å². The lowest BCUT2D eigenvalue weighted by molar-refractivity contribution is -0.303. The molecule has 0 spiro atoms. The molecule has 9 unspecified atom stereocenters. The molecule has 0 aliphatic carbocycles. The molecule has 81 heavy (non-hydrogen) atoms. The van der Waals surface area contributed by atoms with Crippen molar-refractivity contribution >= 4 is 5.91 Å². The first-order valence-electron chi connectivity index (χ1n) is 34.9. The second kappa shape index (κ2) is 58.7. The fourth-order valence-corrected chi connectivity index (χ4v) is 11.3. The van der Waals surface area contributed by atoms with Gasteiger partial charge in [-0.15, -0.1) is 0 Å². The summed E-state index contributed by atoms with van der Waals surface area (Å²) in [6.45, 7) is 3.49. The molecule has 0 aromatic rings. The molecule has 1 heterocycles. The number of carbonyl (C=O) groups is 1. The number of amides is 1. The Morgan fingerprint density at radius 2 is 0.741 bits per heavy atom. The molecule has 1 fully saturated rings. The van der Waals surface area contributed by atoms with Gasteiger partial charge in [0.25, 0.3) is 0 Å². The van der Waals surface area contributed by atoms with Gasteiger partial charge >= 0.3 is 0 Å². The highest BCUT2D eigenvalue weighted by Crippen LogP contribution is 2.24. The molecule has 0 aromatic carbocycles. The first-order valence-corrected chi connectivity index (χ1v) is 34.9. The monoisotopic (exact) mass is 1150 g/mol. The Kier molecular flexibility index (Phi) is 56.0. The second-order valence-corrected chi connectivity index (χ2v) is 24.6.